The Morgan fingerprint density at radius 3 is 3.05 bits per heavy atom. The van der Waals surface area contributed by atoms with Gasteiger partial charge in [0.05, 0.1) is 17.2 Å². The number of nitrogens with two attached hydrogens (primary N) is 1. The van der Waals surface area contributed by atoms with Crippen LogP contribution in [0.4, 0.5) is 0 Å². The van der Waals surface area contributed by atoms with E-state index in [1.807, 2.05) is 17.8 Å². The number of amidine groups is 1. The number of benzene rings is 1. The van der Waals surface area contributed by atoms with E-state index in [2.05, 4.69) is 0 Å². The molecule has 21 heavy (non-hydrogen) atoms. The van der Waals surface area contributed by atoms with Crippen molar-refractivity contribution in [1.82, 2.24) is 0 Å². The van der Waals surface area contributed by atoms with E-state index in [0.717, 1.165) is 37.4 Å². The first-order valence-corrected chi connectivity index (χ1v) is 8.64. The maximum absolute atomic E-state index is 7.44. The van der Waals surface area contributed by atoms with Crippen LogP contribution in [0.3, 0.4) is 0 Å². The molecule has 2 aliphatic heterocycles. The number of rotatable bonds is 3. The third-order valence-corrected chi connectivity index (χ3v) is 5.58. The molecule has 0 radical (unpaired) electrons. The number of hydrogen-bond acceptors (Lipinski definition) is 4. The van der Waals surface area contributed by atoms with E-state index in [1.165, 1.54) is 5.75 Å². The minimum absolute atomic E-state index is 0.0106. The van der Waals surface area contributed by atoms with Gasteiger partial charge >= 0.3 is 0 Å². The van der Waals surface area contributed by atoms with Gasteiger partial charge in [-0.25, -0.2) is 0 Å². The van der Waals surface area contributed by atoms with Crippen molar-refractivity contribution in [3.05, 3.63) is 28.8 Å². The van der Waals surface area contributed by atoms with Crippen LogP contribution >= 0.6 is 23.4 Å². The normalized spacial score (nSPS) is 28.7. The molecule has 4 nitrogen and oxygen atoms in total. The Morgan fingerprint density at radius 2 is 2.38 bits per heavy atom. The van der Waals surface area contributed by atoms with Crippen molar-refractivity contribution in [2.45, 2.75) is 31.0 Å². The average molecular weight is 327 g/mol. The zero-order valence-electron chi connectivity index (χ0n) is 11.7. The molecule has 2 saturated heterocycles. The summed E-state index contributed by atoms with van der Waals surface area (Å²) in [6.45, 7) is 0.754. The summed E-state index contributed by atoms with van der Waals surface area (Å²) in [4.78, 5) is 0. The third-order valence-electron chi connectivity index (χ3n) is 4.05. The summed E-state index contributed by atoms with van der Waals surface area (Å²) >= 11 is 8.09. The van der Waals surface area contributed by atoms with Crippen LogP contribution in [-0.2, 0) is 4.74 Å². The van der Waals surface area contributed by atoms with E-state index in [-0.39, 0.29) is 17.5 Å². The number of thioether (sulfide) groups is 1. The predicted octanol–water partition coefficient (Wildman–Crippen LogP) is 3.06. The molecule has 3 N–H and O–H groups in total. The van der Waals surface area contributed by atoms with Gasteiger partial charge in [-0.05, 0) is 30.4 Å². The maximum atomic E-state index is 7.44. The van der Waals surface area contributed by atoms with Gasteiger partial charge in [0.2, 0.25) is 0 Å². The van der Waals surface area contributed by atoms with Crippen molar-refractivity contribution in [2.24, 2.45) is 5.73 Å². The third kappa shape index (κ3) is 3.30. The van der Waals surface area contributed by atoms with Gasteiger partial charge in [0, 0.05) is 24.2 Å². The molecule has 0 saturated carbocycles. The van der Waals surface area contributed by atoms with E-state index in [1.54, 1.807) is 12.1 Å². The predicted molar refractivity (Wildman–Crippen MR) is 86.7 cm³/mol. The highest BCUT2D eigenvalue weighted by Gasteiger charge is 2.41. The fraction of sp³-hybridized carbons (Fsp3) is 0.533. The Hall–Kier alpha value is -0.910. The minimum atomic E-state index is -0.0282. The summed E-state index contributed by atoms with van der Waals surface area (Å²) in [6, 6.07) is 5.30. The van der Waals surface area contributed by atoms with Gasteiger partial charge in [0.15, 0.2) is 0 Å². The summed E-state index contributed by atoms with van der Waals surface area (Å²) in [6.07, 6.45) is 3.11. The van der Waals surface area contributed by atoms with Gasteiger partial charge in [0.1, 0.15) is 17.7 Å². The topological polar surface area (TPSA) is 68.3 Å². The molecule has 1 aromatic rings. The fourth-order valence-electron chi connectivity index (χ4n) is 2.93. The Labute approximate surface area is 133 Å². The molecule has 2 unspecified atom stereocenters. The Kier molecular flexibility index (Phi) is 4.33. The van der Waals surface area contributed by atoms with Crippen LogP contribution in [0.5, 0.6) is 5.75 Å². The Bertz CT molecular complexity index is 546. The SMILES string of the molecule is N=C(N)c1ccc(OC2CCOC3(CCSC3)C2)cc1Cl. The van der Waals surface area contributed by atoms with Gasteiger partial charge < -0.3 is 15.2 Å². The van der Waals surface area contributed by atoms with E-state index < -0.39 is 0 Å². The van der Waals surface area contributed by atoms with Crippen molar-refractivity contribution >= 4 is 29.2 Å². The molecule has 114 valence electrons. The van der Waals surface area contributed by atoms with Crippen LogP contribution in [-0.4, -0.2) is 35.7 Å². The fourth-order valence-corrected chi connectivity index (χ4v) is 4.58. The lowest BCUT2D eigenvalue weighted by molar-refractivity contribution is -0.0958. The zero-order valence-corrected chi connectivity index (χ0v) is 13.3. The molecule has 1 spiro atoms. The second-order valence-electron chi connectivity index (χ2n) is 5.62. The molecule has 0 amide bonds. The van der Waals surface area contributed by atoms with Gasteiger partial charge in [-0.3, -0.25) is 5.41 Å². The lowest BCUT2D eigenvalue weighted by Gasteiger charge is -2.37. The minimum Gasteiger partial charge on any atom is -0.490 e. The highest BCUT2D eigenvalue weighted by molar-refractivity contribution is 7.99. The molecule has 6 heteroatoms. The largest absolute Gasteiger partial charge is 0.490 e. The van der Waals surface area contributed by atoms with Crippen molar-refractivity contribution in [2.75, 3.05) is 18.1 Å². The number of halogens is 1. The molecule has 2 atom stereocenters. The van der Waals surface area contributed by atoms with Crippen molar-refractivity contribution in [3.8, 4) is 5.75 Å². The molecule has 2 heterocycles. The summed E-state index contributed by atoms with van der Waals surface area (Å²) < 4.78 is 12.1. The van der Waals surface area contributed by atoms with Crippen LogP contribution in [0.25, 0.3) is 0 Å². The molecular formula is C15H19ClN2O2S. The van der Waals surface area contributed by atoms with Gasteiger partial charge in [-0.1, -0.05) is 11.6 Å². The Balaban J connectivity index is 1.68. The average Bonchev–Trinajstić information content (AvgIpc) is 2.86. The van der Waals surface area contributed by atoms with E-state index in [9.17, 15) is 0 Å². The molecule has 2 aliphatic rings. The lowest BCUT2D eigenvalue weighted by atomic mass is 9.91. The van der Waals surface area contributed by atoms with Gasteiger partial charge in [0.25, 0.3) is 0 Å². The van der Waals surface area contributed by atoms with Gasteiger partial charge in [-0.15, -0.1) is 0 Å². The monoisotopic (exact) mass is 326 g/mol. The smallest absolute Gasteiger partial charge is 0.124 e. The molecule has 0 aliphatic carbocycles. The summed E-state index contributed by atoms with van der Waals surface area (Å²) in [5.41, 5.74) is 6.02. The maximum Gasteiger partial charge on any atom is 0.124 e. The molecule has 0 aromatic heterocycles. The number of nitrogen functional groups attached to an aromatic ring is 1. The second-order valence-corrected chi connectivity index (χ2v) is 7.13. The van der Waals surface area contributed by atoms with E-state index in [4.69, 9.17) is 32.2 Å². The quantitative estimate of drug-likeness (QED) is 0.661. The second kappa shape index (κ2) is 6.07. The van der Waals surface area contributed by atoms with Crippen molar-refractivity contribution < 1.29 is 9.47 Å². The molecular weight excluding hydrogens is 308 g/mol. The van der Waals surface area contributed by atoms with Crippen LogP contribution in [0.1, 0.15) is 24.8 Å². The van der Waals surface area contributed by atoms with Crippen molar-refractivity contribution in [1.29, 1.82) is 5.41 Å². The molecule has 0 bridgehead atoms. The van der Waals surface area contributed by atoms with Crippen LogP contribution in [0, 0.1) is 5.41 Å². The van der Waals surface area contributed by atoms with E-state index >= 15 is 0 Å². The van der Waals surface area contributed by atoms with Crippen molar-refractivity contribution in [3.63, 3.8) is 0 Å². The number of nitrogens with one attached hydrogen (secondary N) is 1. The molecule has 1 aromatic carbocycles. The first-order chi connectivity index (χ1) is 10.1. The first-order valence-electron chi connectivity index (χ1n) is 7.10. The summed E-state index contributed by atoms with van der Waals surface area (Å²) in [5, 5.41) is 7.90. The number of hydrogen-bond donors (Lipinski definition) is 2. The molecule has 3 rings (SSSR count). The highest BCUT2D eigenvalue weighted by atomic mass is 35.5. The lowest BCUT2D eigenvalue weighted by Crippen LogP contribution is -2.43. The molecule has 2 fully saturated rings. The summed E-state index contributed by atoms with van der Waals surface area (Å²) in [5.74, 6) is 2.94. The van der Waals surface area contributed by atoms with Gasteiger partial charge in [-0.2, -0.15) is 11.8 Å². The highest BCUT2D eigenvalue weighted by Crippen LogP contribution is 2.39. The number of ether oxygens (including phenoxy) is 2. The standard InChI is InChI=1S/C15H19ClN2O2S/c16-13-7-10(1-2-12(13)14(17)18)20-11-3-5-19-15(8-11)4-6-21-9-15/h1-2,7,11H,3-6,8-9H2,(H3,17,18). The zero-order chi connectivity index (χ0) is 14.9. The van der Waals surface area contributed by atoms with E-state index in [0.29, 0.717) is 10.6 Å². The first kappa shape index (κ1) is 15.0. The van der Waals surface area contributed by atoms with Crippen LogP contribution in [0.2, 0.25) is 5.02 Å². The Morgan fingerprint density at radius 1 is 1.52 bits per heavy atom. The van der Waals surface area contributed by atoms with Crippen LogP contribution < -0.4 is 10.5 Å². The van der Waals surface area contributed by atoms with Crippen LogP contribution in [0.15, 0.2) is 18.2 Å². The summed E-state index contributed by atoms with van der Waals surface area (Å²) in [7, 11) is 0.